The maximum absolute atomic E-state index is 14.0. The van der Waals surface area contributed by atoms with Crippen LogP contribution in [0.3, 0.4) is 0 Å². The quantitative estimate of drug-likeness (QED) is 0.181. The van der Waals surface area contributed by atoms with Crippen LogP contribution in [0.4, 0.5) is 18.9 Å². The van der Waals surface area contributed by atoms with Crippen LogP contribution in [0.15, 0.2) is 95.9 Å². The molecule has 0 bridgehead atoms. The predicted molar refractivity (Wildman–Crippen MR) is 145 cm³/mol. The molecule has 0 spiro atoms. The van der Waals surface area contributed by atoms with E-state index in [0.717, 1.165) is 16.7 Å². The SMILES string of the molecule is N=C(CNC(c1cccc(Cc2ccc(Cn3ccccc3=O)cc2)c1)C(F)(F)F)c1cc(Cl)ccc1N. The molecule has 1 atom stereocenters. The van der Waals surface area contributed by atoms with Gasteiger partial charge in [-0.3, -0.25) is 10.1 Å². The maximum Gasteiger partial charge on any atom is 0.407 e. The van der Waals surface area contributed by atoms with Crippen LogP contribution in [0.5, 0.6) is 0 Å². The first-order valence-corrected chi connectivity index (χ1v) is 12.2. The van der Waals surface area contributed by atoms with E-state index in [-0.39, 0.29) is 29.1 Å². The average molecular weight is 539 g/mol. The molecule has 1 unspecified atom stereocenters. The number of aromatic nitrogens is 1. The van der Waals surface area contributed by atoms with Crippen molar-refractivity contribution < 1.29 is 13.2 Å². The van der Waals surface area contributed by atoms with Gasteiger partial charge >= 0.3 is 6.18 Å². The molecule has 38 heavy (non-hydrogen) atoms. The maximum atomic E-state index is 14.0. The lowest BCUT2D eigenvalue weighted by atomic mass is 9.98. The molecule has 0 aliphatic heterocycles. The van der Waals surface area contributed by atoms with Gasteiger partial charge in [0.15, 0.2) is 0 Å². The number of rotatable bonds is 9. The zero-order valence-corrected chi connectivity index (χ0v) is 21.1. The van der Waals surface area contributed by atoms with Crippen LogP contribution in [0.1, 0.15) is 33.9 Å². The zero-order chi connectivity index (χ0) is 27.3. The molecule has 4 rings (SSSR count). The number of halogens is 4. The Hall–Kier alpha value is -3.88. The highest BCUT2D eigenvalue weighted by atomic mass is 35.5. The van der Waals surface area contributed by atoms with Gasteiger partial charge in [0.1, 0.15) is 6.04 Å². The van der Waals surface area contributed by atoms with Crippen molar-refractivity contribution in [1.82, 2.24) is 9.88 Å². The number of anilines is 1. The number of pyridine rings is 1. The van der Waals surface area contributed by atoms with Gasteiger partial charge in [0.2, 0.25) is 0 Å². The second-order valence-corrected chi connectivity index (χ2v) is 9.41. The van der Waals surface area contributed by atoms with Crippen molar-refractivity contribution in [2.75, 3.05) is 12.3 Å². The van der Waals surface area contributed by atoms with Gasteiger partial charge in [-0.2, -0.15) is 13.2 Å². The first-order valence-electron chi connectivity index (χ1n) is 11.8. The molecule has 4 N–H and O–H groups in total. The largest absolute Gasteiger partial charge is 0.407 e. The van der Waals surface area contributed by atoms with Gasteiger partial charge < -0.3 is 15.7 Å². The van der Waals surface area contributed by atoms with Crippen molar-refractivity contribution in [3.8, 4) is 0 Å². The molecule has 196 valence electrons. The summed E-state index contributed by atoms with van der Waals surface area (Å²) in [5.41, 5.74) is 8.92. The molecule has 5 nitrogen and oxygen atoms in total. The van der Waals surface area contributed by atoms with Crippen molar-refractivity contribution in [2.24, 2.45) is 0 Å². The minimum absolute atomic E-state index is 0.0574. The summed E-state index contributed by atoms with van der Waals surface area (Å²) in [5, 5.41) is 11.1. The number of nitrogens with two attached hydrogens (primary N) is 1. The summed E-state index contributed by atoms with van der Waals surface area (Å²) in [6, 6.07) is 21.5. The molecule has 0 saturated heterocycles. The summed E-state index contributed by atoms with van der Waals surface area (Å²) in [6.45, 7) is 0.0924. The molecule has 0 amide bonds. The number of nitrogens with one attached hydrogen (secondary N) is 2. The fraction of sp³-hybridized carbons (Fsp3) is 0.172. The minimum Gasteiger partial charge on any atom is -0.398 e. The smallest absolute Gasteiger partial charge is 0.398 e. The molecule has 0 fully saturated rings. The molecule has 0 aliphatic rings. The fourth-order valence-corrected chi connectivity index (χ4v) is 4.35. The number of nitrogen functional groups attached to an aromatic ring is 1. The molecule has 9 heteroatoms. The fourth-order valence-electron chi connectivity index (χ4n) is 4.18. The Bertz CT molecular complexity index is 1480. The predicted octanol–water partition coefficient (Wildman–Crippen LogP) is 5.98. The number of benzene rings is 3. The second kappa shape index (κ2) is 11.7. The normalized spacial score (nSPS) is 12.3. The van der Waals surface area contributed by atoms with Gasteiger partial charge in [0.05, 0.1) is 12.3 Å². The number of hydrogen-bond acceptors (Lipinski definition) is 4. The number of alkyl halides is 3. The molecule has 3 aromatic carbocycles. The highest BCUT2D eigenvalue weighted by Gasteiger charge is 2.40. The molecule has 0 aliphatic carbocycles. The van der Waals surface area contributed by atoms with Crippen molar-refractivity contribution in [3.63, 3.8) is 0 Å². The topological polar surface area (TPSA) is 83.9 Å². The highest BCUT2D eigenvalue weighted by Crippen LogP contribution is 2.33. The Morgan fingerprint density at radius 1 is 0.947 bits per heavy atom. The first-order chi connectivity index (χ1) is 18.1. The van der Waals surface area contributed by atoms with E-state index in [1.165, 1.54) is 30.3 Å². The van der Waals surface area contributed by atoms with Gasteiger partial charge in [0, 0.05) is 35.1 Å². The van der Waals surface area contributed by atoms with Crippen LogP contribution in [-0.4, -0.2) is 23.0 Å². The Morgan fingerprint density at radius 2 is 1.68 bits per heavy atom. The molecule has 0 radical (unpaired) electrons. The summed E-state index contributed by atoms with van der Waals surface area (Å²) >= 11 is 5.96. The lowest BCUT2D eigenvalue weighted by Gasteiger charge is -2.23. The van der Waals surface area contributed by atoms with Crippen molar-refractivity contribution in [3.05, 3.63) is 134 Å². The molecular formula is C29H26ClF3N4O. The van der Waals surface area contributed by atoms with Crippen molar-refractivity contribution >= 4 is 23.0 Å². The molecule has 1 heterocycles. The zero-order valence-electron chi connectivity index (χ0n) is 20.3. The summed E-state index contributed by atoms with van der Waals surface area (Å²) in [5.74, 6) is 0. The molecule has 1 aromatic heterocycles. The summed E-state index contributed by atoms with van der Waals surface area (Å²) < 4.78 is 43.6. The van der Waals surface area contributed by atoms with Gasteiger partial charge in [0.25, 0.3) is 5.56 Å². The van der Waals surface area contributed by atoms with Crippen molar-refractivity contribution in [2.45, 2.75) is 25.2 Å². The van der Waals surface area contributed by atoms with Gasteiger partial charge in [-0.05, 0) is 52.9 Å². The van der Waals surface area contributed by atoms with E-state index >= 15 is 0 Å². The Balaban J connectivity index is 1.46. The van der Waals surface area contributed by atoms with E-state index in [0.29, 0.717) is 23.6 Å². The second-order valence-electron chi connectivity index (χ2n) is 8.97. The third-order valence-electron chi connectivity index (χ3n) is 6.12. The standard InChI is InChI=1S/C29H26ClF3N4O/c30-23-11-12-25(34)24(16-23)26(35)17-36-28(29(31,32)33)22-5-3-4-21(15-22)14-19-7-9-20(10-8-19)18-37-13-2-1-6-27(37)38/h1-13,15-16,28,35-36H,14,17-18,34H2. The van der Waals surface area contributed by atoms with Crippen LogP contribution in [-0.2, 0) is 13.0 Å². The summed E-state index contributed by atoms with van der Waals surface area (Å²) in [4.78, 5) is 11.9. The Kier molecular flexibility index (Phi) is 8.34. The van der Waals surface area contributed by atoms with Crippen LogP contribution in [0.2, 0.25) is 5.02 Å². The van der Waals surface area contributed by atoms with E-state index in [9.17, 15) is 18.0 Å². The van der Waals surface area contributed by atoms with Crippen LogP contribution < -0.4 is 16.6 Å². The first kappa shape index (κ1) is 27.2. The molecular weight excluding hydrogens is 513 g/mol. The Morgan fingerprint density at radius 3 is 2.39 bits per heavy atom. The Labute approximate surface area is 223 Å². The van der Waals surface area contributed by atoms with Gasteiger partial charge in [-0.15, -0.1) is 0 Å². The third-order valence-corrected chi connectivity index (χ3v) is 6.35. The molecule has 0 saturated carbocycles. The minimum atomic E-state index is -4.57. The molecule has 4 aromatic rings. The summed E-state index contributed by atoms with van der Waals surface area (Å²) in [6.07, 6.45) is -2.41. The van der Waals surface area contributed by atoms with E-state index in [1.54, 1.807) is 41.1 Å². The van der Waals surface area contributed by atoms with Crippen LogP contribution >= 0.6 is 11.6 Å². The number of hydrogen-bond donors (Lipinski definition) is 3. The van der Waals surface area contributed by atoms with E-state index in [2.05, 4.69) is 5.32 Å². The van der Waals surface area contributed by atoms with E-state index in [4.69, 9.17) is 22.7 Å². The third kappa shape index (κ3) is 6.90. The lowest BCUT2D eigenvalue weighted by Crippen LogP contribution is -2.37. The van der Waals surface area contributed by atoms with Crippen LogP contribution in [0.25, 0.3) is 0 Å². The monoisotopic (exact) mass is 538 g/mol. The van der Waals surface area contributed by atoms with E-state index in [1.807, 2.05) is 24.3 Å². The lowest BCUT2D eigenvalue weighted by molar-refractivity contribution is -0.156. The summed E-state index contributed by atoms with van der Waals surface area (Å²) in [7, 11) is 0. The van der Waals surface area contributed by atoms with Gasteiger partial charge in [-0.1, -0.05) is 66.2 Å². The van der Waals surface area contributed by atoms with Gasteiger partial charge in [-0.25, -0.2) is 0 Å². The van der Waals surface area contributed by atoms with Crippen LogP contribution in [0, 0.1) is 5.41 Å². The number of nitrogens with zero attached hydrogens (tertiary/aromatic N) is 1. The van der Waals surface area contributed by atoms with Crippen molar-refractivity contribution in [1.29, 1.82) is 5.41 Å². The average Bonchev–Trinajstić information content (AvgIpc) is 2.87. The highest BCUT2D eigenvalue weighted by molar-refractivity contribution is 6.31. The van der Waals surface area contributed by atoms with E-state index < -0.39 is 12.2 Å².